The summed E-state index contributed by atoms with van der Waals surface area (Å²) in [6, 6.07) is 5.42. The van der Waals surface area contributed by atoms with Crippen LogP contribution >= 0.6 is 0 Å². The van der Waals surface area contributed by atoms with Gasteiger partial charge in [-0.2, -0.15) is 0 Å². The number of hydrogen-bond donors (Lipinski definition) is 1. The van der Waals surface area contributed by atoms with Crippen LogP contribution in [0.3, 0.4) is 0 Å². The van der Waals surface area contributed by atoms with Gasteiger partial charge in [-0.3, -0.25) is 9.59 Å². The van der Waals surface area contributed by atoms with Crippen LogP contribution in [0, 0.1) is 5.92 Å². The van der Waals surface area contributed by atoms with Crippen molar-refractivity contribution >= 4 is 17.5 Å². The number of fused-ring (bicyclic) bond motifs is 1. The molecule has 1 N–H and O–H groups in total. The third-order valence-corrected chi connectivity index (χ3v) is 5.01. The number of carbonyl (C=O) groups excluding carboxylic acids is 2. The first-order valence-corrected chi connectivity index (χ1v) is 9.32. The second-order valence-corrected chi connectivity index (χ2v) is 6.61. The van der Waals surface area contributed by atoms with Crippen LogP contribution in [0.2, 0.25) is 0 Å². The molecule has 7 heteroatoms. The van der Waals surface area contributed by atoms with Gasteiger partial charge < -0.3 is 24.6 Å². The molecule has 1 unspecified atom stereocenters. The van der Waals surface area contributed by atoms with Crippen LogP contribution < -0.4 is 19.7 Å². The van der Waals surface area contributed by atoms with E-state index >= 15 is 0 Å². The molecule has 142 valence electrons. The Hall–Kier alpha value is -2.28. The summed E-state index contributed by atoms with van der Waals surface area (Å²) in [5, 5.41) is 2.97. The summed E-state index contributed by atoms with van der Waals surface area (Å²) >= 11 is 0. The highest BCUT2D eigenvalue weighted by Crippen LogP contribution is 2.37. The fraction of sp³-hybridized carbons (Fsp3) is 0.579. The van der Waals surface area contributed by atoms with Gasteiger partial charge in [-0.05, 0) is 38.2 Å². The Morgan fingerprint density at radius 2 is 2.04 bits per heavy atom. The zero-order valence-electron chi connectivity index (χ0n) is 15.5. The Morgan fingerprint density at radius 1 is 1.27 bits per heavy atom. The van der Waals surface area contributed by atoms with Gasteiger partial charge in [-0.1, -0.05) is 13.8 Å². The fourth-order valence-electron chi connectivity index (χ4n) is 3.38. The van der Waals surface area contributed by atoms with Gasteiger partial charge in [-0.15, -0.1) is 0 Å². The molecule has 7 nitrogen and oxygen atoms in total. The lowest BCUT2D eigenvalue weighted by Gasteiger charge is -2.18. The van der Waals surface area contributed by atoms with Gasteiger partial charge >= 0.3 is 0 Å². The van der Waals surface area contributed by atoms with Crippen molar-refractivity contribution in [3.05, 3.63) is 18.2 Å². The van der Waals surface area contributed by atoms with E-state index < -0.39 is 0 Å². The number of ether oxygens (including phenoxy) is 2. The van der Waals surface area contributed by atoms with Gasteiger partial charge in [0.25, 0.3) is 0 Å². The van der Waals surface area contributed by atoms with E-state index in [2.05, 4.69) is 24.1 Å². The van der Waals surface area contributed by atoms with Crippen LogP contribution in [0.5, 0.6) is 11.5 Å². The van der Waals surface area contributed by atoms with Crippen LogP contribution in [0.4, 0.5) is 5.69 Å². The molecular formula is C19H27N3O4. The van der Waals surface area contributed by atoms with Crippen molar-refractivity contribution in [3.63, 3.8) is 0 Å². The Balaban J connectivity index is 1.50. The maximum atomic E-state index is 12.4. The molecule has 0 radical (unpaired) electrons. The van der Waals surface area contributed by atoms with Gasteiger partial charge in [0.1, 0.15) is 0 Å². The molecule has 1 atom stereocenters. The number of anilines is 1. The molecule has 26 heavy (non-hydrogen) atoms. The summed E-state index contributed by atoms with van der Waals surface area (Å²) in [7, 11) is 0. The van der Waals surface area contributed by atoms with Crippen molar-refractivity contribution < 1.29 is 19.1 Å². The number of rotatable bonds is 8. The molecule has 3 rings (SSSR count). The van der Waals surface area contributed by atoms with Crippen molar-refractivity contribution in [2.24, 2.45) is 5.92 Å². The third kappa shape index (κ3) is 4.09. The van der Waals surface area contributed by atoms with Crippen molar-refractivity contribution in [3.8, 4) is 11.5 Å². The van der Waals surface area contributed by atoms with Gasteiger partial charge in [-0.25, -0.2) is 0 Å². The fourth-order valence-corrected chi connectivity index (χ4v) is 3.38. The minimum atomic E-state index is -0.304. The number of carbonyl (C=O) groups is 2. The normalized spacial score (nSPS) is 18.7. The molecule has 0 saturated carbocycles. The van der Waals surface area contributed by atoms with E-state index in [-0.39, 0.29) is 30.9 Å². The summed E-state index contributed by atoms with van der Waals surface area (Å²) < 4.78 is 10.7. The predicted molar refractivity (Wildman–Crippen MR) is 98.4 cm³/mol. The van der Waals surface area contributed by atoms with Crippen LogP contribution in [-0.2, 0) is 9.59 Å². The number of amides is 2. The molecule has 0 aromatic heterocycles. The standard InChI is InChI=1S/C19H27N3O4/c1-3-21(4-2)9-5-8-20-19(24)14-10-18(23)22(12-14)15-6-7-16-17(11-15)26-13-25-16/h6-7,11,14H,3-5,8-10,12-13H2,1-2H3,(H,20,24). The molecule has 2 aliphatic heterocycles. The van der Waals surface area contributed by atoms with Crippen molar-refractivity contribution in [1.29, 1.82) is 0 Å². The van der Waals surface area contributed by atoms with E-state index in [0.29, 0.717) is 24.6 Å². The maximum absolute atomic E-state index is 12.4. The second kappa shape index (κ2) is 8.40. The lowest BCUT2D eigenvalue weighted by Crippen LogP contribution is -2.35. The highest BCUT2D eigenvalue weighted by Gasteiger charge is 2.35. The van der Waals surface area contributed by atoms with E-state index in [1.165, 1.54) is 0 Å². The van der Waals surface area contributed by atoms with E-state index in [1.54, 1.807) is 17.0 Å². The van der Waals surface area contributed by atoms with Crippen molar-refractivity contribution in [2.45, 2.75) is 26.7 Å². The largest absolute Gasteiger partial charge is 0.454 e. The molecule has 1 saturated heterocycles. The van der Waals surface area contributed by atoms with Crippen molar-refractivity contribution in [1.82, 2.24) is 10.2 Å². The zero-order chi connectivity index (χ0) is 18.5. The van der Waals surface area contributed by atoms with E-state index in [4.69, 9.17) is 9.47 Å². The van der Waals surface area contributed by atoms with Gasteiger partial charge in [0.05, 0.1) is 5.92 Å². The summed E-state index contributed by atoms with van der Waals surface area (Å²) in [4.78, 5) is 28.7. The zero-order valence-corrected chi connectivity index (χ0v) is 15.5. The average Bonchev–Trinajstić information content (AvgIpc) is 3.27. The number of benzene rings is 1. The SMILES string of the molecule is CCN(CC)CCCNC(=O)C1CC(=O)N(c2ccc3c(c2)OCO3)C1. The minimum absolute atomic E-state index is 0.0350. The molecule has 2 amide bonds. The molecule has 0 aliphatic carbocycles. The Kier molecular flexibility index (Phi) is 5.98. The maximum Gasteiger partial charge on any atom is 0.231 e. The molecule has 2 aliphatic rings. The second-order valence-electron chi connectivity index (χ2n) is 6.61. The molecule has 0 spiro atoms. The Bertz CT molecular complexity index is 660. The van der Waals surface area contributed by atoms with E-state index in [0.717, 1.165) is 31.7 Å². The molecule has 1 fully saturated rings. The number of nitrogens with one attached hydrogen (secondary N) is 1. The molecular weight excluding hydrogens is 334 g/mol. The summed E-state index contributed by atoms with van der Waals surface area (Å²) in [6.07, 6.45) is 1.16. The molecule has 0 bridgehead atoms. The number of nitrogens with zero attached hydrogens (tertiary/aromatic N) is 2. The topological polar surface area (TPSA) is 71.1 Å². The third-order valence-electron chi connectivity index (χ3n) is 5.01. The van der Waals surface area contributed by atoms with Gasteiger partial charge in [0.2, 0.25) is 18.6 Å². The molecule has 1 aromatic carbocycles. The lowest BCUT2D eigenvalue weighted by atomic mass is 10.1. The predicted octanol–water partition coefficient (Wildman–Crippen LogP) is 1.62. The van der Waals surface area contributed by atoms with Crippen LogP contribution in [-0.4, -0.2) is 56.2 Å². The van der Waals surface area contributed by atoms with Gasteiger partial charge in [0.15, 0.2) is 11.5 Å². The first-order valence-electron chi connectivity index (χ1n) is 9.32. The lowest BCUT2D eigenvalue weighted by molar-refractivity contribution is -0.126. The molecule has 2 heterocycles. The molecule has 1 aromatic rings. The van der Waals surface area contributed by atoms with Crippen LogP contribution in [0.15, 0.2) is 18.2 Å². The Morgan fingerprint density at radius 3 is 2.81 bits per heavy atom. The monoisotopic (exact) mass is 361 g/mol. The minimum Gasteiger partial charge on any atom is -0.454 e. The first-order chi connectivity index (χ1) is 12.6. The van der Waals surface area contributed by atoms with Crippen LogP contribution in [0.25, 0.3) is 0 Å². The first kappa shape index (κ1) is 18.5. The van der Waals surface area contributed by atoms with Crippen LogP contribution in [0.1, 0.15) is 26.7 Å². The quantitative estimate of drug-likeness (QED) is 0.713. The highest BCUT2D eigenvalue weighted by molar-refractivity contribution is 6.00. The highest BCUT2D eigenvalue weighted by atomic mass is 16.7. The van der Waals surface area contributed by atoms with E-state index in [9.17, 15) is 9.59 Å². The smallest absolute Gasteiger partial charge is 0.231 e. The van der Waals surface area contributed by atoms with Gasteiger partial charge in [0, 0.05) is 31.3 Å². The summed E-state index contributed by atoms with van der Waals surface area (Å²) in [6.45, 7) is 8.53. The summed E-state index contributed by atoms with van der Waals surface area (Å²) in [5.41, 5.74) is 0.746. The summed E-state index contributed by atoms with van der Waals surface area (Å²) in [5.74, 6) is 0.942. The average molecular weight is 361 g/mol. The number of hydrogen-bond acceptors (Lipinski definition) is 5. The van der Waals surface area contributed by atoms with E-state index in [1.807, 2.05) is 6.07 Å². The van der Waals surface area contributed by atoms with Crippen molar-refractivity contribution in [2.75, 3.05) is 44.4 Å². The Labute approximate surface area is 154 Å².